The van der Waals surface area contributed by atoms with Crippen LogP contribution in [0.4, 0.5) is 5.95 Å². The summed E-state index contributed by atoms with van der Waals surface area (Å²) >= 11 is 0. The molecule has 6 atom stereocenters. The van der Waals surface area contributed by atoms with Gasteiger partial charge in [-0.05, 0) is 25.5 Å². The molecular formula is C23H31N4O7P. The summed E-state index contributed by atoms with van der Waals surface area (Å²) in [4.78, 5) is 29.1. The first-order chi connectivity index (χ1) is 16.6. The monoisotopic (exact) mass is 506 g/mol. The van der Waals surface area contributed by atoms with Gasteiger partial charge in [-0.15, -0.1) is 0 Å². The second kappa shape index (κ2) is 10.3. The van der Waals surface area contributed by atoms with Gasteiger partial charge in [0.1, 0.15) is 12.3 Å². The molecule has 1 saturated heterocycles. The molecule has 12 heteroatoms. The summed E-state index contributed by atoms with van der Waals surface area (Å²) in [5, 5.41) is 21.6. The Morgan fingerprint density at radius 1 is 1.31 bits per heavy atom. The van der Waals surface area contributed by atoms with E-state index in [1.165, 1.54) is 0 Å². The Morgan fingerprint density at radius 2 is 2.03 bits per heavy atom. The first-order valence-electron chi connectivity index (χ1n) is 11.3. The first kappa shape index (κ1) is 25.7. The fraction of sp³-hybridized carbons (Fsp3) is 0.478. The van der Waals surface area contributed by atoms with Crippen molar-refractivity contribution in [2.24, 2.45) is 5.92 Å². The Kier molecular flexibility index (Phi) is 7.58. The second-order valence-electron chi connectivity index (χ2n) is 9.34. The SMILES string of the molecule is C[C@H]1[C@H](O)[C@@H](CO[P@](O)OC(C)(C)C[C@@H](O)c2ccccc2)O[C@H]1n1ccc2c(=O)[nH]c(N)nc21. The van der Waals surface area contributed by atoms with E-state index in [2.05, 4.69) is 9.97 Å². The number of ether oxygens (including phenoxy) is 1. The number of aliphatic hydroxyl groups excluding tert-OH is 2. The lowest BCUT2D eigenvalue weighted by molar-refractivity contribution is -0.0468. The van der Waals surface area contributed by atoms with E-state index >= 15 is 0 Å². The third-order valence-electron chi connectivity index (χ3n) is 6.10. The molecule has 3 heterocycles. The maximum absolute atomic E-state index is 12.1. The van der Waals surface area contributed by atoms with Crippen molar-refractivity contribution in [2.45, 2.75) is 57.3 Å². The lowest BCUT2D eigenvalue weighted by Gasteiger charge is -2.29. The number of nitrogens with one attached hydrogen (secondary N) is 1. The number of fused-ring (bicyclic) bond motifs is 1. The van der Waals surface area contributed by atoms with Crippen molar-refractivity contribution < 1.29 is 28.9 Å². The van der Waals surface area contributed by atoms with E-state index in [1.54, 1.807) is 30.7 Å². The molecule has 1 fully saturated rings. The third kappa shape index (κ3) is 5.73. The molecule has 0 spiro atoms. The number of nitrogen functional groups attached to an aromatic ring is 1. The molecular weight excluding hydrogens is 475 g/mol. The molecule has 0 saturated carbocycles. The van der Waals surface area contributed by atoms with Crippen LogP contribution in [0.15, 0.2) is 47.4 Å². The van der Waals surface area contributed by atoms with Crippen LogP contribution in [0, 0.1) is 5.92 Å². The van der Waals surface area contributed by atoms with Crippen LogP contribution < -0.4 is 11.3 Å². The van der Waals surface area contributed by atoms with Crippen LogP contribution in [0.25, 0.3) is 11.0 Å². The van der Waals surface area contributed by atoms with Crippen molar-refractivity contribution in [3.63, 3.8) is 0 Å². The van der Waals surface area contributed by atoms with Gasteiger partial charge < -0.3 is 39.2 Å². The van der Waals surface area contributed by atoms with Crippen LogP contribution in [0.1, 0.15) is 45.1 Å². The van der Waals surface area contributed by atoms with Crippen molar-refractivity contribution >= 4 is 25.6 Å². The summed E-state index contributed by atoms with van der Waals surface area (Å²) in [5.41, 5.74) is 5.56. The van der Waals surface area contributed by atoms with Crippen LogP contribution in [-0.2, 0) is 13.8 Å². The minimum absolute atomic E-state index is 0.0170. The zero-order valence-electron chi connectivity index (χ0n) is 19.7. The Bertz CT molecular complexity index is 1200. The van der Waals surface area contributed by atoms with Gasteiger partial charge in [0.05, 0.1) is 29.8 Å². The average Bonchev–Trinajstić information content (AvgIpc) is 3.33. The van der Waals surface area contributed by atoms with Gasteiger partial charge in [-0.25, -0.2) is 0 Å². The van der Waals surface area contributed by atoms with Crippen LogP contribution in [-0.4, -0.2) is 54.1 Å². The van der Waals surface area contributed by atoms with Gasteiger partial charge in [0.2, 0.25) is 5.95 Å². The Hall–Kier alpha value is -2.37. The van der Waals surface area contributed by atoms with Crippen LogP contribution in [0.5, 0.6) is 0 Å². The lowest BCUT2D eigenvalue weighted by atomic mass is 9.96. The fourth-order valence-electron chi connectivity index (χ4n) is 4.28. The fourth-order valence-corrected chi connectivity index (χ4v) is 5.11. The van der Waals surface area contributed by atoms with Gasteiger partial charge in [0.15, 0.2) is 5.65 Å². The van der Waals surface area contributed by atoms with Gasteiger partial charge in [0, 0.05) is 18.5 Å². The molecule has 0 unspecified atom stereocenters. The number of benzene rings is 1. The summed E-state index contributed by atoms with van der Waals surface area (Å²) in [6.45, 7) is 5.20. The molecule has 0 aliphatic carbocycles. The molecule has 190 valence electrons. The maximum atomic E-state index is 12.1. The number of aromatic nitrogens is 3. The van der Waals surface area contributed by atoms with E-state index in [1.807, 2.05) is 37.3 Å². The molecule has 2 aromatic heterocycles. The standard InChI is InChI=1S/C23H31N4O7P/c1-13-18(29)17(33-21(13)27-10-9-15-19(27)25-22(24)26-20(15)30)12-32-35(31)34-23(2,3)11-16(28)14-7-5-4-6-8-14/h4-10,13,16-18,21,28-29,31H,11-12H2,1-3H3,(H3,24,25,26,30)/t13-,16+,17+,18-,21+,35-/m0/s1. The lowest BCUT2D eigenvalue weighted by Crippen LogP contribution is -2.30. The van der Waals surface area contributed by atoms with Crippen LogP contribution >= 0.6 is 8.60 Å². The van der Waals surface area contributed by atoms with Crippen molar-refractivity contribution in [3.8, 4) is 0 Å². The van der Waals surface area contributed by atoms with Gasteiger partial charge >= 0.3 is 8.60 Å². The largest absolute Gasteiger partial charge is 0.390 e. The maximum Gasteiger partial charge on any atom is 0.330 e. The van der Waals surface area contributed by atoms with E-state index in [-0.39, 0.29) is 30.5 Å². The molecule has 1 aromatic carbocycles. The van der Waals surface area contributed by atoms with E-state index in [4.69, 9.17) is 19.5 Å². The predicted octanol–water partition coefficient (Wildman–Crippen LogP) is 2.36. The summed E-state index contributed by atoms with van der Waals surface area (Å²) in [5.74, 6) is -0.374. The highest BCUT2D eigenvalue weighted by Crippen LogP contribution is 2.43. The quantitative estimate of drug-likeness (QED) is 0.274. The number of rotatable bonds is 9. The number of anilines is 1. The van der Waals surface area contributed by atoms with E-state index in [0.29, 0.717) is 11.0 Å². The van der Waals surface area contributed by atoms with Gasteiger partial charge in [0.25, 0.3) is 5.56 Å². The van der Waals surface area contributed by atoms with E-state index < -0.39 is 38.7 Å². The number of aromatic amines is 1. The minimum Gasteiger partial charge on any atom is -0.390 e. The molecule has 1 aliphatic heterocycles. The van der Waals surface area contributed by atoms with Crippen molar-refractivity contribution in [2.75, 3.05) is 12.3 Å². The normalized spacial score (nSPS) is 24.6. The highest BCUT2D eigenvalue weighted by atomic mass is 31.2. The number of hydrogen-bond donors (Lipinski definition) is 5. The van der Waals surface area contributed by atoms with Crippen molar-refractivity contribution in [1.29, 1.82) is 0 Å². The topological polar surface area (TPSA) is 165 Å². The number of hydrogen-bond acceptors (Lipinski definition) is 9. The summed E-state index contributed by atoms with van der Waals surface area (Å²) in [6, 6.07) is 10.8. The van der Waals surface area contributed by atoms with Gasteiger partial charge in [-0.3, -0.25) is 9.78 Å². The average molecular weight is 506 g/mol. The number of nitrogens with zero attached hydrogens (tertiary/aromatic N) is 2. The number of nitrogens with two attached hydrogens (primary N) is 1. The molecule has 11 nitrogen and oxygen atoms in total. The third-order valence-corrected chi connectivity index (χ3v) is 7.12. The molecule has 3 aromatic rings. The Morgan fingerprint density at radius 3 is 2.74 bits per heavy atom. The molecule has 35 heavy (non-hydrogen) atoms. The molecule has 1 aliphatic rings. The molecule has 4 rings (SSSR count). The van der Waals surface area contributed by atoms with Gasteiger partial charge in [-0.2, -0.15) is 4.98 Å². The molecule has 6 N–H and O–H groups in total. The van der Waals surface area contributed by atoms with Crippen molar-refractivity contribution in [1.82, 2.24) is 14.5 Å². The van der Waals surface area contributed by atoms with Gasteiger partial charge in [-0.1, -0.05) is 37.3 Å². The minimum atomic E-state index is -2.30. The first-order valence-corrected chi connectivity index (χ1v) is 12.4. The smallest absolute Gasteiger partial charge is 0.330 e. The van der Waals surface area contributed by atoms with E-state index in [9.17, 15) is 19.9 Å². The zero-order valence-corrected chi connectivity index (χ0v) is 20.6. The molecule has 0 radical (unpaired) electrons. The highest BCUT2D eigenvalue weighted by molar-refractivity contribution is 7.40. The predicted molar refractivity (Wildman–Crippen MR) is 130 cm³/mol. The second-order valence-corrected chi connectivity index (χ2v) is 10.3. The Labute approximate surface area is 203 Å². The van der Waals surface area contributed by atoms with Crippen molar-refractivity contribution in [3.05, 3.63) is 58.5 Å². The summed E-state index contributed by atoms with van der Waals surface area (Å²) in [7, 11) is -2.30. The molecule has 0 amide bonds. The van der Waals surface area contributed by atoms with Crippen LogP contribution in [0.3, 0.4) is 0 Å². The number of aliphatic hydroxyl groups is 2. The van der Waals surface area contributed by atoms with Crippen LogP contribution in [0.2, 0.25) is 0 Å². The summed E-state index contributed by atoms with van der Waals surface area (Å²) in [6.07, 6.45) is -1.11. The Balaban J connectivity index is 1.36. The number of H-pyrrole nitrogens is 1. The highest BCUT2D eigenvalue weighted by Gasteiger charge is 2.43. The molecule has 0 bridgehead atoms. The summed E-state index contributed by atoms with van der Waals surface area (Å²) < 4.78 is 18.8. The van der Waals surface area contributed by atoms with E-state index in [0.717, 1.165) is 5.56 Å². The zero-order chi connectivity index (χ0) is 25.3.